The molecule has 1 rings (SSSR count). The predicted octanol–water partition coefficient (Wildman–Crippen LogP) is 1.70. The molecule has 5 heteroatoms. The Bertz CT molecular complexity index is 371. The van der Waals surface area contributed by atoms with Crippen molar-refractivity contribution in [2.45, 2.75) is 13.1 Å². The molecule has 0 N–H and O–H groups in total. The molecule has 0 saturated heterocycles. The maximum atomic E-state index is 12.3. The summed E-state index contributed by atoms with van der Waals surface area (Å²) < 4.78 is 36.9. The number of halogens is 3. The zero-order valence-corrected chi connectivity index (χ0v) is 7.35. The Morgan fingerprint density at radius 2 is 1.93 bits per heavy atom. The molecule has 1 nitrogen and oxygen atoms in total. The Morgan fingerprint density at radius 1 is 1.36 bits per heavy atom. The number of carbonyl (C=O) groups excluding carboxylic acids is 1. The fourth-order valence-electron chi connectivity index (χ4n) is 1.12. The van der Waals surface area contributed by atoms with Crippen LogP contribution in [0.1, 0.15) is 22.8 Å². The van der Waals surface area contributed by atoms with Gasteiger partial charge in [0.05, 0.1) is 0 Å². The van der Waals surface area contributed by atoms with Crippen LogP contribution in [0.4, 0.5) is 13.2 Å². The Kier molecular flexibility index (Phi) is 2.69. The largest absolute Gasteiger partial charge is 0.415 e. The second-order valence-electron chi connectivity index (χ2n) is 2.82. The van der Waals surface area contributed by atoms with Gasteiger partial charge in [0, 0.05) is 11.1 Å². The molecule has 0 bridgehead atoms. The quantitative estimate of drug-likeness (QED) is 0.495. The highest BCUT2D eigenvalue weighted by molar-refractivity contribution is 6.37. The number of benzene rings is 1. The summed E-state index contributed by atoms with van der Waals surface area (Å²) in [5, 5.41) is 0. The molecule has 0 aliphatic heterocycles. The van der Waals surface area contributed by atoms with E-state index >= 15 is 0 Å². The predicted molar refractivity (Wildman–Crippen MR) is 46.8 cm³/mol. The molecule has 0 spiro atoms. The Hall–Kier alpha value is -1.26. The van der Waals surface area contributed by atoms with Gasteiger partial charge in [-0.15, -0.1) is 0 Å². The maximum Gasteiger partial charge on any atom is 0.415 e. The summed E-state index contributed by atoms with van der Waals surface area (Å²) in [6, 6.07) is 3.28. The number of alkyl halides is 3. The molecule has 0 unspecified atom stereocenters. The van der Waals surface area contributed by atoms with Crippen molar-refractivity contribution in [3.63, 3.8) is 0 Å². The zero-order valence-electron chi connectivity index (χ0n) is 7.35. The SMILES string of the molecule is [B]c1c(C(C)=O)cccc1C(F)(F)F. The monoisotopic (exact) mass is 198 g/mol. The van der Waals surface area contributed by atoms with Crippen molar-refractivity contribution in [1.82, 2.24) is 0 Å². The smallest absolute Gasteiger partial charge is 0.295 e. The fourth-order valence-corrected chi connectivity index (χ4v) is 1.12. The molecule has 72 valence electrons. The molecule has 0 saturated carbocycles. The normalized spacial score (nSPS) is 11.4. The average molecular weight is 198 g/mol. The minimum absolute atomic E-state index is 0.0974. The highest BCUT2D eigenvalue weighted by atomic mass is 19.4. The van der Waals surface area contributed by atoms with Crippen molar-refractivity contribution in [2.75, 3.05) is 0 Å². The van der Waals surface area contributed by atoms with Gasteiger partial charge in [-0.1, -0.05) is 23.7 Å². The molecule has 0 aliphatic rings. The third-order valence-corrected chi connectivity index (χ3v) is 1.79. The van der Waals surface area contributed by atoms with Crippen LogP contribution in [0.2, 0.25) is 0 Å². The Balaban J connectivity index is 3.35. The molecule has 0 heterocycles. The van der Waals surface area contributed by atoms with Gasteiger partial charge in [-0.2, -0.15) is 13.2 Å². The number of carbonyl (C=O) groups is 1. The van der Waals surface area contributed by atoms with E-state index < -0.39 is 23.0 Å². The highest BCUT2D eigenvalue weighted by Gasteiger charge is 2.32. The van der Waals surface area contributed by atoms with E-state index in [1.807, 2.05) is 0 Å². The second-order valence-corrected chi connectivity index (χ2v) is 2.82. The Labute approximate surface area is 80.3 Å². The summed E-state index contributed by atoms with van der Waals surface area (Å²) in [4.78, 5) is 10.9. The van der Waals surface area contributed by atoms with E-state index in [9.17, 15) is 18.0 Å². The molecule has 1 aromatic rings. The lowest BCUT2D eigenvalue weighted by Gasteiger charge is -2.12. The lowest BCUT2D eigenvalue weighted by molar-refractivity contribution is -0.136. The number of rotatable bonds is 1. The van der Waals surface area contributed by atoms with E-state index in [1.165, 1.54) is 13.0 Å². The van der Waals surface area contributed by atoms with E-state index in [-0.39, 0.29) is 5.56 Å². The van der Waals surface area contributed by atoms with Crippen LogP contribution in [0.3, 0.4) is 0 Å². The second kappa shape index (κ2) is 3.48. The van der Waals surface area contributed by atoms with Crippen LogP contribution in [-0.2, 0) is 6.18 Å². The Morgan fingerprint density at radius 3 is 2.36 bits per heavy atom. The molecule has 0 aromatic heterocycles. The fraction of sp³-hybridized carbons (Fsp3) is 0.222. The summed E-state index contributed by atoms with van der Waals surface area (Å²) in [6.07, 6.45) is -4.52. The van der Waals surface area contributed by atoms with Crippen molar-refractivity contribution in [3.05, 3.63) is 29.3 Å². The first-order valence-corrected chi connectivity index (χ1v) is 3.80. The van der Waals surface area contributed by atoms with Gasteiger partial charge in [-0.05, 0) is 6.92 Å². The lowest BCUT2D eigenvalue weighted by atomic mass is 9.84. The van der Waals surface area contributed by atoms with Gasteiger partial charge in [0.2, 0.25) is 0 Å². The molecular formula is C9H6BF3O. The van der Waals surface area contributed by atoms with E-state index in [1.54, 1.807) is 0 Å². The van der Waals surface area contributed by atoms with Crippen molar-refractivity contribution >= 4 is 19.1 Å². The van der Waals surface area contributed by atoms with Gasteiger partial charge < -0.3 is 0 Å². The number of hydrogen-bond acceptors (Lipinski definition) is 1. The van der Waals surface area contributed by atoms with Gasteiger partial charge >= 0.3 is 6.18 Å². The van der Waals surface area contributed by atoms with Gasteiger partial charge in [-0.3, -0.25) is 4.79 Å². The van der Waals surface area contributed by atoms with Crippen LogP contribution in [0, 0.1) is 0 Å². The van der Waals surface area contributed by atoms with Gasteiger partial charge in [0.25, 0.3) is 0 Å². The van der Waals surface area contributed by atoms with Crippen LogP contribution >= 0.6 is 0 Å². The standard InChI is InChI=1S/C9H6BF3O/c1-5(14)6-3-2-4-7(8(6)10)9(11,12)13/h2-4H,1H3. The molecular weight excluding hydrogens is 192 g/mol. The van der Waals surface area contributed by atoms with Gasteiger partial charge in [0.15, 0.2) is 5.78 Å². The minimum atomic E-state index is -4.52. The van der Waals surface area contributed by atoms with Crippen molar-refractivity contribution in [1.29, 1.82) is 0 Å². The van der Waals surface area contributed by atoms with Gasteiger partial charge in [0.1, 0.15) is 7.85 Å². The number of hydrogen-bond donors (Lipinski definition) is 0. The molecule has 0 aliphatic carbocycles. The first-order chi connectivity index (χ1) is 6.34. The van der Waals surface area contributed by atoms with Crippen molar-refractivity contribution in [3.8, 4) is 0 Å². The van der Waals surface area contributed by atoms with Crippen LogP contribution < -0.4 is 5.46 Å². The van der Waals surface area contributed by atoms with Crippen molar-refractivity contribution in [2.24, 2.45) is 0 Å². The molecule has 0 amide bonds. The lowest BCUT2D eigenvalue weighted by Crippen LogP contribution is -2.24. The molecule has 2 radical (unpaired) electrons. The highest BCUT2D eigenvalue weighted by Crippen LogP contribution is 2.27. The van der Waals surface area contributed by atoms with E-state index in [4.69, 9.17) is 7.85 Å². The topological polar surface area (TPSA) is 17.1 Å². The number of Topliss-reactive ketones (excluding diaryl/α,β-unsaturated/α-hetero) is 1. The van der Waals surface area contributed by atoms with Crippen LogP contribution in [0.15, 0.2) is 18.2 Å². The summed E-state index contributed by atoms with van der Waals surface area (Å²) in [5.74, 6) is -0.478. The summed E-state index contributed by atoms with van der Waals surface area (Å²) in [7, 11) is 5.23. The van der Waals surface area contributed by atoms with Crippen LogP contribution in [-0.4, -0.2) is 13.6 Å². The average Bonchev–Trinajstić information content (AvgIpc) is 2.01. The molecule has 0 fully saturated rings. The molecule has 0 atom stereocenters. The molecule has 1 aromatic carbocycles. The minimum Gasteiger partial charge on any atom is -0.295 e. The van der Waals surface area contributed by atoms with Gasteiger partial charge in [-0.25, -0.2) is 0 Å². The third kappa shape index (κ3) is 1.97. The molecule has 14 heavy (non-hydrogen) atoms. The van der Waals surface area contributed by atoms with E-state index in [2.05, 4.69) is 0 Å². The summed E-state index contributed by atoms with van der Waals surface area (Å²) in [5.41, 5.74) is -1.57. The maximum absolute atomic E-state index is 12.3. The first-order valence-electron chi connectivity index (χ1n) is 3.80. The zero-order chi connectivity index (χ0) is 10.9. The summed E-state index contributed by atoms with van der Waals surface area (Å²) >= 11 is 0. The third-order valence-electron chi connectivity index (χ3n) is 1.79. The summed E-state index contributed by atoms with van der Waals surface area (Å²) in [6.45, 7) is 1.17. The van der Waals surface area contributed by atoms with E-state index in [0.29, 0.717) is 0 Å². The first kappa shape index (κ1) is 10.8. The van der Waals surface area contributed by atoms with Crippen molar-refractivity contribution < 1.29 is 18.0 Å². The van der Waals surface area contributed by atoms with Crippen LogP contribution in [0.5, 0.6) is 0 Å². The van der Waals surface area contributed by atoms with E-state index in [0.717, 1.165) is 12.1 Å². The number of ketones is 1. The van der Waals surface area contributed by atoms with Crippen LogP contribution in [0.25, 0.3) is 0 Å².